The largest absolute Gasteiger partial charge is 0.490 e. The number of anilines is 1. The number of thiophene rings is 1. The van der Waals surface area contributed by atoms with Gasteiger partial charge in [0.1, 0.15) is 5.00 Å². The molecule has 1 amide bonds. The van der Waals surface area contributed by atoms with E-state index in [0.29, 0.717) is 48.1 Å². The molecule has 0 aliphatic heterocycles. The van der Waals surface area contributed by atoms with Crippen molar-refractivity contribution in [1.82, 2.24) is 9.78 Å². The molecule has 0 atom stereocenters. The van der Waals surface area contributed by atoms with Gasteiger partial charge in [-0.1, -0.05) is 6.07 Å². The summed E-state index contributed by atoms with van der Waals surface area (Å²) in [6.07, 6.45) is 0. The minimum atomic E-state index is -0.667. The first-order chi connectivity index (χ1) is 19.7. The molecular formula is C30H33N3O7S. The number of rotatable bonds is 11. The zero-order valence-corrected chi connectivity index (χ0v) is 24.8. The highest BCUT2D eigenvalue weighted by Gasteiger charge is 2.25. The molecule has 0 saturated carbocycles. The summed E-state index contributed by atoms with van der Waals surface area (Å²) in [5.74, 6) is -0.0131. The van der Waals surface area contributed by atoms with Gasteiger partial charge in [-0.05, 0) is 76.9 Å². The van der Waals surface area contributed by atoms with E-state index in [1.54, 1.807) is 30.5 Å². The number of aryl methyl sites for hydroxylation is 2. The van der Waals surface area contributed by atoms with Crippen LogP contribution in [-0.2, 0) is 4.74 Å². The molecule has 4 rings (SSSR count). The van der Waals surface area contributed by atoms with E-state index in [9.17, 15) is 14.4 Å². The lowest BCUT2D eigenvalue weighted by Crippen LogP contribution is -2.25. The molecule has 0 fully saturated rings. The first kappa shape index (κ1) is 29.6. The molecule has 1 N–H and O–H groups in total. The van der Waals surface area contributed by atoms with Crippen LogP contribution in [0, 0.1) is 13.8 Å². The van der Waals surface area contributed by atoms with Gasteiger partial charge in [0.25, 0.3) is 11.5 Å². The molecule has 0 spiro atoms. The quantitative estimate of drug-likeness (QED) is 0.225. The summed E-state index contributed by atoms with van der Waals surface area (Å²) in [5.41, 5.74) is 2.24. The van der Waals surface area contributed by atoms with Crippen LogP contribution in [0.4, 0.5) is 5.00 Å². The Labute approximate surface area is 241 Å². The van der Waals surface area contributed by atoms with Gasteiger partial charge in [0.15, 0.2) is 17.2 Å². The average Bonchev–Trinajstić information content (AvgIpc) is 3.36. The van der Waals surface area contributed by atoms with Crippen molar-refractivity contribution in [3.05, 3.63) is 68.4 Å². The number of nitrogens with one attached hydrogen (secondary N) is 1. The molecular weight excluding hydrogens is 546 g/mol. The SMILES string of the molecule is CCOC(=O)c1nn(-c2ccc(C)c(C)c2)c(=O)c2c(NC(=O)c3cc(OCC)c(OCC)c(OCC)c3)scc12. The molecule has 0 aliphatic rings. The third kappa shape index (κ3) is 6.04. The highest BCUT2D eigenvalue weighted by atomic mass is 32.1. The number of nitrogens with zero attached hydrogens (tertiary/aromatic N) is 2. The Morgan fingerprint density at radius 2 is 1.56 bits per heavy atom. The zero-order chi connectivity index (χ0) is 29.7. The summed E-state index contributed by atoms with van der Waals surface area (Å²) in [6, 6.07) is 8.59. The molecule has 0 aliphatic carbocycles. The van der Waals surface area contributed by atoms with Crippen LogP contribution in [-0.4, -0.2) is 48.1 Å². The van der Waals surface area contributed by atoms with E-state index in [0.717, 1.165) is 22.5 Å². The molecule has 41 heavy (non-hydrogen) atoms. The van der Waals surface area contributed by atoms with Crippen LogP contribution in [0.2, 0.25) is 0 Å². The van der Waals surface area contributed by atoms with Gasteiger partial charge in [-0.25, -0.2) is 4.79 Å². The standard InChI is InChI=1S/C30H33N3O7S/c1-7-37-22-14-19(15-23(38-8-2)26(22)39-9-3)27(34)31-28-24-21(16-41-28)25(30(36)40-10-4)32-33(29(24)35)20-12-11-17(5)18(6)13-20/h11-16H,7-10H2,1-6H3,(H,31,34). The Morgan fingerprint density at radius 3 is 2.15 bits per heavy atom. The molecule has 2 aromatic heterocycles. The van der Waals surface area contributed by atoms with Crippen LogP contribution >= 0.6 is 11.3 Å². The molecule has 10 nitrogen and oxygen atoms in total. The van der Waals surface area contributed by atoms with Crippen molar-refractivity contribution in [3.63, 3.8) is 0 Å². The monoisotopic (exact) mass is 579 g/mol. The summed E-state index contributed by atoms with van der Waals surface area (Å²) in [6.45, 7) is 12.3. The second-order valence-electron chi connectivity index (χ2n) is 8.96. The Bertz CT molecular complexity index is 1630. The van der Waals surface area contributed by atoms with Crippen molar-refractivity contribution in [2.24, 2.45) is 0 Å². The Balaban J connectivity index is 1.85. The predicted molar refractivity (Wildman–Crippen MR) is 159 cm³/mol. The van der Waals surface area contributed by atoms with Crippen molar-refractivity contribution in [3.8, 4) is 22.9 Å². The van der Waals surface area contributed by atoms with Crippen LogP contribution in [0.5, 0.6) is 17.2 Å². The van der Waals surface area contributed by atoms with Gasteiger partial charge in [-0.15, -0.1) is 11.3 Å². The molecule has 2 heterocycles. The van der Waals surface area contributed by atoms with Gasteiger partial charge in [0.05, 0.1) is 37.5 Å². The minimum absolute atomic E-state index is 0.0187. The van der Waals surface area contributed by atoms with E-state index in [2.05, 4.69) is 10.4 Å². The molecule has 2 aromatic carbocycles. The van der Waals surface area contributed by atoms with Crippen LogP contribution in [0.3, 0.4) is 0 Å². The lowest BCUT2D eigenvalue weighted by atomic mass is 10.1. The van der Waals surface area contributed by atoms with Crippen LogP contribution in [0.15, 0.2) is 40.5 Å². The van der Waals surface area contributed by atoms with E-state index < -0.39 is 17.4 Å². The number of aromatic nitrogens is 2. The lowest BCUT2D eigenvalue weighted by Gasteiger charge is -2.17. The summed E-state index contributed by atoms with van der Waals surface area (Å²) < 4.78 is 23.6. The van der Waals surface area contributed by atoms with Gasteiger partial charge in [0, 0.05) is 16.3 Å². The third-order valence-corrected chi connectivity index (χ3v) is 7.15. The molecule has 216 valence electrons. The maximum atomic E-state index is 13.8. The fourth-order valence-electron chi connectivity index (χ4n) is 4.22. The predicted octanol–water partition coefficient (Wildman–Crippen LogP) is 5.69. The number of esters is 1. The smallest absolute Gasteiger partial charge is 0.359 e. The van der Waals surface area contributed by atoms with Crippen molar-refractivity contribution < 1.29 is 28.5 Å². The first-order valence-corrected chi connectivity index (χ1v) is 14.3. The number of carbonyl (C=O) groups excluding carboxylic acids is 2. The van der Waals surface area contributed by atoms with Crippen LogP contribution < -0.4 is 25.1 Å². The van der Waals surface area contributed by atoms with Crippen LogP contribution in [0.1, 0.15) is 59.7 Å². The molecule has 0 unspecified atom stereocenters. The fraction of sp³-hybridized carbons (Fsp3) is 0.333. The number of carbonyl (C=O) groups is 2. The number of amides is 1. The minimum Gasteiger partial charge on any atom is -0.490 e. The van der Waals surface area contributed by atoms with Crippen molar-refractivity contribution in [2.45, 2.75) is 41.5 Å². The normalized spacial score (nSPS) is 10.9. The fourth-order valence-corrected chi connectivity index (χ4v) is 5.15. The maximum Gasteiger partial charge on any atom is 0.359 e. The molecule has 0 saturated heterocycles. The van der Waals surface area contributed by atoms with Gasteiger partial charge in [-0.2, -0.15) is 9.78 Å². The molecule has 0 radical (unpaired) electrons. The second-order valence-corrected chi connectivity index (χ2v) is 9.84. The van der Waals surface area contributed by atoms with E-state index in [4.69, 9.17) is 18.9 Å². The van der Waals surface area contributed by atoms with E-state index >= 15 is 0 Å². The van der Waals surface area contributed by atoms with Crippen molar-refractivity contribution in [1.29, 1.82) is 0 Å². The van der Waals surface area contributed by atoms with E-state index in [1.165, 1.54) is 4.68 Å². The summed E-state index contributed by atoms with van der Waals surface area (Å²) >= 11 is 1.12. The molecule has 0 bridgehead atoms. The number of hydrogen-bond donors (Lipinski definition) is 1. The second kappa shape index (κ2) is 12.9. The lowest BCUT2D eigenvalue weighted by molar-refractivity contribution is 0.0520. The topological polar surface area (TPSA) is 118 Å². The van der Waals surface area contributed by atoms with Crippen molar-refractivity contribution >= 4 is 39.0 Å². The highest BCUT2D eigenvalue weighted by molar-refractivity contribution is 7.16. The van der Waals surface area contributed by atoms with Gasteiger partial charge < -0.3 is 24.3 Å². The number of benzene rings is 2. The van der Waals surface area contributed by atoms with Crippen LogP contribution in [0.25, 0.3) is 16.5 Å². The molecule has 4 aromatic rings. The number of hydrogen-bond acceptors (Lipinski definition) is 9. The van der Waals surface area contributed by atoms with Gasteiger partial charge in [0.2, 0.25) is 5.75 Å². The average molecular weight is 580 g/mol. The van der Waals surface area contributed by atoms with E-state index in [1.807, 2.05) is 46.8 Å². The summed E-state index contributed by atoms with van der Waals surface area (Å²) in [5, 5.41) is 9.56. The zero-order valence-electron chi connectivity index (χ0n) is 24.0. The maximum absolute atomic E-state index is 13.8. The van der Waals surface area contributed by atoms with E-state index in [-0.39, 0.29) is 28.3 Å². The number of fused-ring (bicyclic) bond motifs is 1. The first-order valence-electron chi connectivity index (χ1n) is 13.4. The van der Waals surface area contributed by atoms with Gasteiger partial charge >= 0.3 is 5.97 Å². The Morgan fingerprint density at radius 1 is 0.902 bits per heavy atom. The highest BCUT2D eigenvalue weighted by Crippen LogP contribution is 2.40. The van der Waals surface area contributed by atoms with Crippen molar-refractivity contribution in [2.75, 3.05) is 31.7 Å². The summed E-state index contributed by atoms with van der Waals surface area (Å²) in [4.78, 5) is 40.2. The third-order valence-electron chi connectivity index (χ3n) is 6.25. The molecule has 11 heteroatoms. The number of ether oxygens (including phenoxy) is 4. The van der Waals surface area contributed by atoms with Gasteiger partial charge in [-0.3, -0.25) is 9.59 Å². The Hall–Kier alpha value is -4.38. The Kier molecular flexibility index (Phi) is 9.28. The summed E-state index contributed by atoms with van der Waals surface area (Å²) in [7, 11) is 0.